The maximum Gasteiger partial charge on any atom is 0.405 e. The first-order chi connectivity index (χ1) is 13.8. The molecule has 29 heavy (non-hydrogen) atoms. The van der Waals surface area contributed by atoms with Gasteiger partial charge in [0.05, 0.1) is 29.2 Å². The molecular formula is C19H21F2N5O3. The summed E-state index contributed by atoms with van der Waals surface area (Å²) in [4.78, 5) is 27.5. The van der Waals surface area contributed by atoms with Gasteiger partial charge in [-0.2, -0.15) is 13.9 Å². The molecule has 2 heterocycles. The van der Waals surface area contributed by atoms with Gasteiger partial charge in [-0.25, -0.2) is 9.48 Å². The number of nitrogens with zero attached hydrogens (tertiary/aromatic N) is 3. The third-order valence-corrected chi connectivity index (χ3v) is 4.03. The van der Waals surface area contributed by atoms with Gasteiger partial charge in [-0.15, -0.1) is 13.2 Å². The fourth-order valence-electron chi connectivity index (χ4n) is 2.54. The lowest BCUT2D eigenvalue weighted by atomic mass is 10.1. The van der Waals surface area contributed by atoms with E-state index in [0.29, 0.717) is 4.68 Å². The lowest BCUT2D eigenvalue weighted by molar-refractivity contribution is -0.118. The van der Waals surface area contributed by atoms with Crippen LogP contribution in [0, 0.1) is 5.92 Å². The minimum atomic E-state index is -2.95. The van der Waals surface area contributed by atoms with Crippen LogP contribution in [0.2, 0.25) is 0 Å². The fraction of sp³-hybridized carbons (Fsp3) is 0.263. The number of amides is 2. The average Bonchev–Trinajstić information content (AvgIpc) is 3.10. The molecule has 0 radical (unpaired) electrons. The average molecular weight is 405 g/mol. The van der Waals surface area contributed by atoms with Gasteiger partial charge in [0, 0.05) is 18.2 Å². The Labute approximate surface area is 166 Å². The maximum atomic E-state index is 13.5. The Bertz CT molecular complexity index is 913. The highest BCUT2D eigenvalue weighted by Gasteiger charge is 2.23. The lowest BCUT2D eigenvalue weighted by Gasteiger charge is -2.16. The predicted molar refractivity (Wildman–Crippen MR) is 103 cm³/mol. The van der Waals surface area contributed by atoms with Crippen LogP contribution in [0.4, 0.5) is 19.3 Å². The molecule has 0 aromatic carbocycles. The Balaban J connectivity index is 2.51. The van der Waals surface area contributed by atoms with Crippen molar-refractivity contribution in [3.8, 4) is 11.3 Å². The second-order valence-electron chi connectivity index (χ2n) is 6.06. The Morgan fingerprint density at radius 2 is 2.14 bits per heavy atom. The molecule has 2 amide bonds. The molecule has 2 atom stereocenters. The van der Waals surface area contributed by atoms with Crippen molar-refractivity contribution in [2.75, 3.05) is 5.32 Å². The first-order valence-corrected chi connectivity index (χ1v) is 8.60. The van der Waals surface area contributed by atoms with E-state index in [4.69, 9.17) is 10.5 Å². The van der Waals surface area contributed by atoms with Gasteiger partial charge in [0.25, 0.3) is 0 Å². The molecule has 0 aliphatic carbocycles. The Morgan fingerprint density at radius 3 is 2.72 bits per heavy atom. The third kappa shape index (κ3) is 5.24. The molecule has 0 saturated heterocycles. The SMILES string of the molecule is C=CC[C@@H](OC(N)=O)c1cc(-c2c(NC(=O)C(C)C=C)cnn2C(F)F)ccn1. The first-order valence-electron chi connectivity index (χ1n) is 8.60. The largest absolute Gasteiger partial charge is 0.440 e. The number of primary amides is 1. The Hall–Kier alpha value is -3.56. The number of pyridine rings is 1. The summed E-state index contributed by atoms with van der Waals surface area (Å²) in [5.74, 6) is -0.961. The predicted octanol–water partition coefficient (Wildman–Crippen LogP) is 3.81. The number of rotatable bonds is 9. The van der Waals surface area contributed by atoms with Crippen molar-refractivity contribution in [3.63, 3.8) is 0 Å². The lowest BCUT2D eigenvalue weighted by Crippen LogP contribution is -2.19. The molecule has 3 N–H and O–H groups in total. The van der Waals surface area contributed by atoms with Crippen molar-refractivity contribution in [2.45, 2.75) is 26.0 Å². The summed E-state index contributed by atoms with van der Waals surface area (Å²) in [6.45, 7) is 5.79. The molecule has 0 spiro atoms. The minimum absolute atomic E-state index is 0.0234. The van der Waals surface area contributed by atoms with Gasteiger partial charge in [0.1, 0.15) is 6.10 Å². The second kappa shape index (κ2) is 9.58. The summed E-state index contributed by atoms with van der Waals surface area (Å²) in [6, 6.07) is 2.93. The Kier molecular flexibility index (Phi) is 7.18. The number of hydrogen-bond donors (Lipinski definition) is 2. The highest BCUT2D eigenvalue weighted by Crippen LogP contribution is 2.33. The van der Waals surface area contributed by atoms with Crippen LogP contribution in [0.1, 0.15) is 31.7 Å². The molecule has 8 nitrogen and oxygen atoms in total. The van der Waals surface area contributed by atoms with Crippen LogP contribution < -0.4 is 11.1 Å². The number of nitrogens with one attached hydrogen (secondary N) is 1. The molecule has 0 bridgehead atoms. The number of nitrogens with two attached hydrogens (primary N) is 1. The Morgan fingerprint density at radius 1 is 1.41 bits per heavy atom. The molecule has 0 fully saturated rings. The normalized spacial score (nSPS) is 12.8. The zero-order valence-corrected chi connectivity index (χ0v) is 15.7. The molecule has 1 unspecified atom stereocenters. The van der Waals surface area contributed by atoms with Gasteiger partial charge < -0.3 is 15.8 Å². The van der Waals surface area contributed by atoms with Gasteiger partial charge in [0.15, 0.2) is 0 Å². The highest BCUT2D eigenvalue weighted by molar-refractivity contribution is 5.96. The summed E-state index contributed by atoms with van der Waals surface area (Å²) in [7, 11) is 0. The molecule has 2 rings (SSSR count). The summed E-state index contributed by atoms with van der Waals surface area (Å²) in [5, 5.41) is 6.25. The van der Waals surface area contributed by atoms with Crippen LogP contribution in [0.15, 0.2) is 49.8 Å². The van der Waals surface area contributed by atoms with Gasteiger partial charge in [-0.3, -0.25) is 9.78 Å². The fourth-order valence-corrected chi connectivity index (χ4v) is 2.54. The number of halogens is 2. The van der Waals surface area contributed by atoms with Crippen molar-refractivity contribution in [1.82, 2.24) is 14.8 Å². The molecule has 2 aromatic rings. The van der Waals surface area contributed by atoms with E-state index in [1.807, 2.05) is 0 Å². The topological polar surface area (TPSA) is 112 Å². The van der Waals surface area contributed by atoms with Gasteiger partial charge in [-0.1, -0.05) is 19.1 Å². The molecule has 0 saturated carbocycles. The second-order valence-corrected chi connectivity index (χ2v) is 6.06. The van der Waals surface area contributed by atoms with Crippen LogP contribution >= 0.6 is 0 Å². The van der Waals surface area contributed by atoms with E-state index in [1.54, 1.807) is 6.92 Å². The zero-order valence-electron chi connectivity index (χ0n) is 15.7. The number of carbonyl (C=O) groups excluding carboxylic acids is 2. The quantitative estimate of drug-likeness (QED) is 0.616. The molecule has 2 aromatic heterocycles. The third-order valence-electron chi connectivity index (χ3n) is 4.03. The van der Waals surface area contributed by atoms with Gasteiger partial charge in [0.2, 0.25) is 5.91 Å². The highest BCUT2D eigenvalue weighted by atomic mass is 19.3. The number of ether oxygens (including phenoxy) is 1. The van der Waals surface area contributed by atoms with Crippen molar-refractivity contribution in [2.24, 2.45) is 11.7 Å². The molecule has 10 heteroatoms. The van der Waals surface area contributed by atoms with E-state index in [-0.39, 0.29) is 29.1 Å². The van der Waals surface area contributed by atoms with Crippen LogP contribution in [0.5, 0.6) is 0 Å². The number of aromatic nitrogens is 3. The molecule has 154 valence electrons. The van der Waals surface area contributed by atoms with Crippen molar-refractivity contribution in [3.05, 3.63) is 55.5 Å². The van der Waals surface area contributed by atoms with Crippen LogP contribution in [0.25, 0.3) is 11.3 Å². The van der Waals surface area contributed by atoms with Crippen molar-refractivity contribution >= 4 is 17.7 Å². The van der Waals surface area contributed by atoms with E-state index >= 15 is 0 Å². The van der Waals surface area contributed by atoms with E-state index < -0.39 is 30.6 Å². The summed E-state index contributed by atoms with van der Waals surface area (Å²) < 4.78 is 32.5. The number of alkyl halides is 2. The van der Waals surface area contributed by atoms with Crippen LogP contribution in [-0.4, -0.2) is 26.8 Å². The van der Waals surface area contributed by atoms with Crippen LogP contribution in [-0.2, 0) is 9.53 Å². The van der Waals surface area contributed by atoms with E-state index in [1.165, 1.54) is 30.5 Å². The number of hydrogen-bond acceptors (Lipinski definition) is 5. The number of carbonyl (C=O) groups is 2. The van der Waals surface area contributed by atoms with E-state index in [9.17, 15) is 18.4 Å². The summed E-state index contributed by atoms with van der Waals surface area (Å²) >= 11 is 0. The monoisotopic (exact) mass is 405 g/mol. The minimum Gasteiger partial charge on any atom is -0.440 e. The molecule has 0 aliphatic rings. The number of anilines is 1. The smallest absolute Gasteiger partial charge is 0.405 e. The van der Waals surface area contributed by atoms with Crippen molar-refractivity contribution < 1.29 is 23.1 Å². The molecular weight excluding hydrogens is 384 g/mol. The van der Waals surface area contributed by atoms with Crippen molar-refractivity contribution in [1.29, 1.82) is 0 Å². The van der Waals surface area contributed by atoms with E-state index in [0.717, 1.165) is 6.20 Å². The first kappa shape index (κ1) is 21.7. The van der Waals surface area contributed by atoms with Gasteiger partial charge in [-0.05, 0) is 12.1 Å². The summed E-state index contributed by atoms with van der Waals surface area (Å²) in [5.41, 5.74) is 5.72. The molecule has 0 aliphatic heterocycles. The van der Waals surface area contributed by atoms with Crippen LogP contribution in [0.3, 0.4) is 0 Å². The zero-order chi connectivity index (χ0) is 21.6. The van der Waals surface area contributed by atoms with E-state index in [2.05, 4.69) is 28.6 Å². The maximum absolute atomic E-state index is 13.5. The van der Waals surface area contributed by atoms with Gasteiger partial charge >= 0.3 is 12.6 Å². The standard InChI is InChI=1S/C19H21F2N5O3/c1-4-6-15(29-19(22)28)13-9-12(7-8-23-13)16-14(10-24-26(16)18(20)21)25-17(27)11(3)5-2/h4-5,7-11,15,18H,1-2,6H2,3H3,(H2,22,28)(H,25,27)/t11?,15-/m1/s1. The summed E-state index contributed by atoms with van der Waals surface area (Å²) in [6.07, 6.45) is 3.81.